The summed E-state index contributed by atoms with van der Waals surface area (Å²) >= 11 is 0. The number of carbonyl (C=O) groups is 2. The molecule has 0 spiro atoms. The molecule has 1 N–H and O–H groups in total. The lowest BCUT2D eigenvalue weighted by molar-refractivity contribution is -0.153. The number of H-pyrrole nitrogens is 1. The lowest BCUT2D eigenvalue weighted by Gasteiger charge is -2.18. The Morgan fingerprint density at radius 2 is 2.12 bits per heavy atom. The zero-order valence-electron chi connectivity index (χ0n) is 15.1. The number of rotatable bonds is 8. The molecule has 10 heteroatoms. The van der Waals surface area contributed by atoms with E-state index in [0.717, 1.165) is 0 Å². The van der Waals surface area contributed by atoms with Gasteiger partial charge in [0, 0.05) is 24.6 Å². The highest BCUT2D eigenvalue weighted by molar-refractivity contribution is 6.24. The van der Waals surface area contributed by atoms with Crippen molar-refractivity contribution in [2.75, 3.05) is 6.61 Å². The van der Waals surface area contributed by atoms with E-state index in [1.807, 2.05) is 6.82 Å². The van der Waals surface area contributed by atoms with Gasteiger partial charge in [-0.05, 0) is 13.8 Å². The van der Waals surface area contributed by atoms with Crippen molar-refractivity contribution < 1.29 is 23.7 Å². The van der Waals surface area contributed by atoms with Crippen molar-refractivity contribution in [3.63, 3.8) is 0 Å². The molecule has 1 aliphatic rings. The smallest absolute Gasteiger partial charge is 0.330 e. The molecule has 1 unspecified atom stereocenters. The van der Waals surface area contributed by atoms with Crippen molar-refractivity contribution >= 4 is 19.2 Å². The molecule has 3 atom stereocenters. The minimum atomic E-state index is -0.686. The largest absolute Gasteiger partial charge is 0.459 e. The van der Waals surface area contributed by atoms with Crippen LogP contribution in [0.3, 0.4) is 0 Å². The number of esters is 1. The van der Waals surface area contributed by atoms with E-state index in [0.29, 0.717) is 13.0 Å². The molecular weight excluding hydrogens is 343 g/mol. The first kappa shape index (κ1) is 20.1. The molecule has 0 bridgehead atoms. The normalized spacial score (nSPS) is 22.2. The van der Waals surface area contributed by atoms with Crippen molar-refractivity contribution in [2.45, 2.75) is 58.4 Å². The molecule has 1 aromatic heterocycles. The number of carbonyl (C=O) groups excluding carboxylic acids is 2. The van der Waals surface area contributed by atoms with E-state index in [2.05, 4.69) is 4.98 Å². The number of ether oxygens (including phenoxy) is 2. The number of hydrogen-bond donors (Lipinski definition) is 1. The molecule has 9 nitrogen and oxygen atoms in total. The van der Waals surface area contributed by atoms with Crippen LogP contribution in [0.4, 0.5) is 0 Å². The van der Waals surface area contributed by atoms with Crippen molar-refractivity contribution in [3.05, 3.63) is 32.6 Å². The quantitative estimate of drug-likeness (QED) is 0.501. The first-order chi connectivity index (χ1) is 12.3. The van der Waals surface area contributed by atoms with Crippen LogP contribution in [0.25, 0.3) is 0 Å². The molecule has 1 fully saturated rings. The van der Waals surface area contributed by atoms with Crippen LogP contribution < -0.4 is 11.2 Å². The lowest BCUT2D eigenvalue weighted by atomic mass is 10.1. The van der Waals surface area contributed by atoms with Crippen molar-refractivity contribution in [3.8, 4) is 0 Å². The second-order valence-corrected chi connectivity index (χ2v) is 6.23. The third-order valence-electron chi connectivity index (χ3n) is 4.09. The van der Waals surface area contributed by atoms with Crippen LogP contribution in [-0.2, 0) is 23.7 Å². The van der Waals surface area contributed by atoms with Gasteiger partial charge in [0.05, 0.1) is 13.0 Å². The zero-order chi connectivity index (χ0) is 19.3. The van der Waals surface area contributed by atoms with Gasteiger partial charge in [-0.15, -0.1) is 0 Å². The van der Waals surface area contributed by atoms with Crippen molar-refractivity contribution in [2.24, 2.45) is 0 Å². The zero-order valence-corrected chi connectivity index (χ0v) is 15.1. The molecule has 0 aromatic carbocycles. The molecule has 0 amide bonds. The number of Topliss-reactive ketones (excluding diaryl/α,β-unsaturated/α-hetero) is 1. The minimum absolute atomic E-state index is 0.00440. The number of aromatic nitrogens is 2. The maximum absolute atomic E-state index is 12.1. The lowest BCUT2D eigenvalue weighted by Crippen LogP contribution is -2.33. The van der Waals surface area contributed by atoms with Gasteiger partial charge < -0.3 is 18.9 Å². The monoisotopic (exact) mass is 366 g/mol. The molecule has 26 heavy (non-hydrogen) atoms. The molecule has 0 saturated carbocycles. The predicted molar refractivity (Wildman–Crippen MR) is 93.3 cm³/mol. The maximum atomic E-state index is 12.1. The average molecular weight is 366 g/mol. The van der Waals surface area contributed by atoms with Crippen LogP contribution in [0, 0.1) is 6.92 Å². The van der Waals surface area contributed by atoms with Crippen LogP contribution in [0.2, 0.25) is 6.82 Å². The first-order valence-electron chi connectivity index (χ1n) is 8.56. The fraction of sp³-hybridized carbons (Fsp3) is 0.625. The number of aromatic amines is 1. The predicted octanol–water partition coefficient (Wildman–Crippen LogP) is -0.170. The summed E-state index contributed by atoms with van der Waals surface area (Å²) in [7, 11) is 0.466. The Kier molecular flexibility index (Phi) is 6.93. The fourth-order valence-electron chi connectivity index (χ4n) is 2.69. The number of nitrogens with one attached hydrogen (secondary N) is 1. The van der Waals surface area contributed by atoms with Crippen LogP contribution in [-0.4, -0.2) is 47.6 Å². The third kappa shape index (κ3) is 5.15. The van der Waals surface area contributed by atoms with Gasteiger partial charge in [0.15, 0.2) is 0 Å². The summed E-state index contributed by atoms with van der Waals surface area (Å²) in [6.45, 7) is 5.02. The van der Waals surface area contributed by atoms with E-state index >= 15 is 0 Å². The van der Waals surface area contributed by atoms with Gasteiger partial charge in [0.25, 0.3) is 13.0 Å². The van der Waals surface area contributed by atoms with Gasteiger partial charge in [0.2, 0.25) is 0 Å². The molecule has 1 saturated heterocycles. The Balaban J connectivity index is 2.13. The fourth-order valence-corrected chi connectivity index (χ4v) is 2.69. The summed E-state index contributed by atoms with van der Waals surface area (Å²) in [5.74, 6) is -0.593. The molecule has 142 valence electrons. The van der Waals surface area contributed by atoms with Gasteiger partial charge in [-0.25, -0.2) is 4.79 Å². The van der Waals surface area contributed by atoms with Gasteiger partial charge in [-0.3, -0.25) is 19.1 Å². The van der Waals surface area contributed by atoms with Crippen molar-refractivity contribution in [1.82, 2.24) is 9.55 Å². The van der Waals surface area contributed by atoms with E-state index in [4.69, 9.17) is 14.1 Å². The number of ketones is 1. The van der Waals surface area contributed by atoms with Crippen LogP contribution in [0.15, 0.2) is 15.8 Å². The summed E-state index contributed by atoms with van der Waals surface area (Å²) in [6.07, 6.45) is -0.0573. The summed E-state index contributed by atoms with van der Waals surface area (Å²) in [5.41, 5.74) is -0.678. The van der Waals surface area contributed by atoms with Crippen LogP contribution >= 0.6 is 0 Å². The second-order valence-electron chi connectivity index (χ2n) is 6.23. The van der Waals surface area contributed by atoms with Gasteiger partial charge in [-0.1, -0.05) is 6.82 Å². The van der Waals surface area contributed by atoms with Gasteiger partial charge in [0.1, 0.15) is 24.2 Å². The molecule has 1 aromatic rings. The van der Waals surface area contributed by atoms with Gasteiger partial charge >= 0.3 is 11.7 Å². The van der Waals surface area contributed by atoms with E-state index in [9.17, 15) is 19.2 Å². The summed E-state index contributed by atoms with van der Waals surface area (Å²) in [6, 6.07) is 0. The summed E-state index contributed by atoms with van der Waals surface area (Å²) in [5, 5.41) is 0. The molecular formula is C16H23BN2O7. The van der Waals surface area contributed by atoms with Crippen LogP contribution in [0.1, 0.15) is 38.0 Å². The Morgan fingerprint density at radius 3 is 2.77 bits per heavy atom. The standard InChI is InChI=1S/C16H23BN2O7/c1-9-7-19(16(23)18-15(9)22)13-6-11(12(25-13)8-24-17-3)26-14(21)5-4-10(2)20/h7,11-13,17H,4-6,8H2,1-3H3,(H,18,22,23)/t11-,12?,13-/m1/s1. The highest BCUT2D eigenvalue weighted by atomic mass is 16.6. The van der Waals surface area contributed by atoms with E-state index in [1.54, 1.807) is 6.92 Å². The summed E-state index contributed by atoms with van der Waals surface area (Å²) in [4.78, 5) is 48.8. The molecule has 2 rings (SSSR count). The Hall–Kier alpha value is -2.20. The van der Waals surface area contributed by atoms with Crippen LogP contribution in [0.5, 0.6) is 0 Å². The Labute approximate surface area is 150 Å². The Bertz CT molecular complexity index is 773. The highest BCUT2D eigenvalue weighted by Crippen LogP contribution is 2.30. The maximum Gasteiger partial charge on any atom is 0.330 e. The second kappa shape index (κ2) is 8.95. The first-order valence-corrected chi connectivity index (χ1v) is 8.56. The minimum Gasteiger partial charge on any atom is -0.459 e. The Morgan fingerprint density at radius 1 is 1.38 bits per heavy atom. The number of nitrogens with zero attached hydrogens (tertiary/aromatic N) is 1. The molecule has 0 aliphatic carbocycles. The van der Waals surface area contributed by atoms with E-state index in [1.165, 1.54) is 17.7 Å². The van der Waals surface area contributed by atoms with E-state index < -0.39 is 35.7 Å². The van der Waals surface area contributed by atoms with E-state index in [-0.39, 0.29) is 31.7 Å². The summed E-state index contributed by atoms with van der Waals surface area (Å²) < 4.78 is 17.9. The number of aryl methyl sites for hydroxylation is 1. The van der Waals surface area contributed by atoms with Gasteiger partial charge in [-0.2, -0.15) is 0 Å². The van der Waals surface area contributed by atoms with Crippen molar-refractivity contribution in [1.29, 1.82) is 0 Å². The average Bonchev–Trinajstić information content (AvgIpc) is 2.96. The third-order valence-corrected chi connectivity index (χ3v) is 4.09. The SMILES string of the molecule is CBOCC1O[C@@H](n2cc(C)c(=O)[nH]c2=O)C[C@H]1OC(=O)CCC(C)=O. The highest BCUT2D eigenvalue weighted by Gasteiger charge is 2.39. The number of hydrogen-bond acceptors (Lipinski definition) is 7. The topological polar surface area (TPSA) is 117 Å². The molecule has 1 aliphatic heterocycles. The molecule has 2 heterocycles. The molecule has 0 radical (unpaired) electrons.